The normalized spacial score (nSPS) is 18.2. The van der Waals surface area contributed by atoms with Crippen molar-refractivity contribution in [1.82, 2.24) is 5.32 Å². The van der Waals surface area contributed by atoms with E-state index in [9.17, 15) is 4.79 Å². The molecule has 2 N–H and O–H groups in total. The Bertz CT molecular complexity index is 395. The molecule has 1 aromatic rings. The van der Waals surface area contributed by atoms with Crippen LogP contribution in [0.5, 0.6) is 5.75 Å². The number of methoxy groups -OCH3 is 1. The summed E-state index contributed by atoms with van der Waals surface area (Å²) in [5, 5.41) is 12.0. The van der Waals surface area contributed by atoms with Crippen molar-refractivity contribution in [3.8, 4) is 5.75 Å². The number of carboxylic acids is 1. The molecule has 0 fully saturated rings. The van der Waals surface area contributed by atoms with Gasteiger partial charge in [-0.05, 0) is 18.1 Å². The number of hydrogen-bond donors (Lipinski definition) is 2. The summed E-state index contributed by atoms with van der Waals surface area (Å²) >= 11 is 0. The van der Waals surface area contributed by atoms with Crippen molar-refractivity contribution in [2.75, 3.05) is 13.7 Å². The van der Waals surface area contributed by atoms with E-state index in [4.69, 9.17) is 9.84 Å². The molecule has 0 amide bonds. The highest BCUT2D eigenvalue weighted by Crippen LogP contribution is 2.30. The van der Waals surface area contributed by atoms with E-state index in [-0.39, 0.29) is 12.4 Å². The fraction of sp³-hybridized carbons (Fsp3) is 0.364. The predicted molar refractivity (Wildman–Crippen MR) is 62.3 cm³/mol. The van der Waals surface area contributed by atoms with Crippen LogP contribution in [-0.2, 0) is 11.2 Å². The number of aliphatic carboxylic acids is 1. The summed E-state index contributed by atoms with van der Waals surface area (Å²) in [4.78, 5) is 11.0. The average molecular weight is 244 g/mol. The second kappa shape index (κ2) is 5.18. The van der Waals surface area contributed by atoms with Crippen LogP contribution in [0.2, 0.25) is 0 Å². The smallest absolute Gasteiger partial charge is 0.325 e. The number of hydrogen-bond acceptors (Lipinski definition) is 3. The van der Waals surface area contributed by atoms with Crippen LogP contribution in [0, 0.1) is 0 Å². The topological polar surface area (TPSA) is 58.6 Å². The molecule has 88 valence electrons. The van der Waals surface area contributed by atoms with Gasteiger partial charge < -0.3 is 15.2 Å². The van der Waals surface area contributed by atoms with Crippen molar-refractivity contribution in [1.29, 1.82) is 0 Å². The maximum atomic E-state index is 11.0. The molecule has 0 aromatic heterocycles. The Kier molecular flexibility index (Phi) is 4.15. The Morgan fingerprint density at radius 3 is 2.94 bits per heavy atom. The number of carbonyl (C=O) groups is 1. The van der Waals surface area contributed by atoms with Gasteiger partial charge in [0.05, 0.1) is 7.11 Å². The van der Waals surface area contributed by atoms with E-state index in [1.807, 2.05) is 18.2 Å². The molecule has 0 spiro atoms. The number of halogens is 1. The van der Waals surface area contributed by atoms with Crippen molar-refractivity contribution in [3.05, 3.63) is 29.3 Å². The Labute approximate surface area is 100 Å². The average Bonchev–Trinajstić information content (AvgIpc) is 2.27. The lowest BCUT2D eigenvalue weighted by Gasteiger charge is -2.25. The quantitative estimate of drug-likeness (QED) is 0.824. The third kappa shape index (κ3) is 2.13. The largest absolute Gasteiger partial charge is 0.496 e. The number of rotatable bonds is 2. The minimum absolute atomic E-state index is 0. The lowest BCUT2D eigenvalue weighted by atomic mass is 9.93. The molecule has 0 saturated carbocycles. The van der Waals surface area contributed by atoms with Gasteiger partial charge in [-0.25, -0.2) is 0 Å². The molecule has 16 heavy (non-hydrogen) atoms. The first-order valence-corrected chi connectivity index (χ1v) is 4.86. The predicted octanol–water partition coefficient (Wildman–Crippen LogP) is 1.39. The van der Waals surface area contributed by atoms with Crippen molar-refractivity contribution in [2.24, 2.45) is 0 Å². The summed E-state index contributed by atoms with van der Waals surface area (Å²) in [5.74, 6) is -0.0653. The summed E-state index contributed by atoms with van der Waals surface area (Å²) in [6.45, 7) is 0.671. The number of fused-ring (bicyclic) bond motifs is 1. The molecular formula is C11H14ClNO3. The zero-order chi connectivity index (χ0) is 10.8. The van der Waals surface area contributed by atoms with Gasteiger partial charge in [0, 0.05) is 12.1 Å². The van der Waals surface area contributed by atoms with E-state index in [0.717, 1.165) is 23.3 Å². The maximum Gasteiger partial charge on any atom is 0.325 e. The summed E-state index contributed by atoms with van der Waals surface area (Å²) in [6, 6.07) is 4.91. The molecule has 2 rings (SSSR count). The minimum atomic E-state index is -0.843. The van der Waals surface area contributed by atoms with Crippen molar-refractivity contribution >= 4 is 18.4 Å². The molecule has 0 bridgehead atoms. The second-order valence-electron chi connectivity index (χ2n) is 3.50. The SMILES string of the molecule is COc1cccc2c1CCN[C@@H]2C(=O)O.Cl. The molecular weight excluding hydrogens is 230 g/mol. The van der Waals surface area contributed by atoms with Crippen LogP contribution in [-0.4, -0.2) is 24.7 Å². The first-order valence-electron chi connectivity index (χ1n) is 4.86. The third-order valence-electron chi connectivity index (χ3n) is 2.67. The molecule has 5 heteroatoms. The summed E-state index contributed by atoms with van der Waals surface area (Å²) < 4.78 is 5.22. The lowest BCUT2D eigenvalue weighted by Crippen LogP contribution is -2.35. The molecule has 1 aromatic carbocycles. The van der Waals surface area contributed by atoms with Gasteiger partial charge >= 0.3 is 5.97 Å². The van der Waals surface area contributed by atoms with Gasteiger partial charge in [0.1, 0.15) is 11.8 Å². The van der Waals surface area contributed by atoms with Crippen LogP contribution < -0.4 is 10.1 Å². The summed E-state index contributed by atoms with van der Waals surface area (Å²) in [7, 11) is 1.60. The van der Waals surface area contributed by atoms with Gasteiger partial charge in [-0.2, -0.15) is 0 Å². The van der Waals surface area contributed by atoms with E-state index < -0.39 is 12.0 Å². The zero-order valence-corrected chi connectivity index (χ0v) is 9.71. The molecule has 0 saturated heterocycles. The Morgan fingerprint density at radius 2 is 2.31 bits per heavy atom. The van der Waals surface area contributed by atoms with Gasteiger partial charge in [-0.3, -0.25) is 4.79 Å². The molecule has 0 radical (unpaired) electrons. The van der Waals surface area contributed by atoms with E-state index >= 15 is 0 Å². The highest BCUT2D eigenvalue weighted by Gasteiger charge is 2.27. The molecule has 1 atom stereocenters. The molecule has 1 aliphatic rings. The number of carboxylic acid groups (broad SMARTS) is 1. The summed E-state index contributed by atoms with van der Waals surface area (Å²) in [5.41, 5.74) is 1.82. The van der Waals surface area contributed by atoms with E-state index in [1.165, 1.54) is 0 Å². The van der Waals surface area contributed by atoms with Crippen LogP contribution in [0.4, 0.5) is 0 Å². The van der Waals surface area contributed by atoms with E-state index in [1.54, 1.807) is 7.11 Å². The molecule has 1 heterocycles. The number of benzene rings is 1. The fourth-order valence-corrected chi connectivity index (χ4v) is 1.98. The van der Waals surface area contributed by atoms with Gasteiger partial charge in [-0.15, -0.1) is 12.4 Å². The van der Waals surface area contributed by atoms with Crippen LogP contribution in [0.15, 0.2) is 18.2 Å². The van der Waals surface area contributed by atoms with E-state index in [0.29, 0.717) is 6.54 Å². The Morgan fingerprint density at radius 1 is 1.56 bits per heavy atom. The third-order valence-corrected chi connectivity index (χ3v) is 2.67. The number of ether oxygens (including phenoxy) is 1. The molecule has 4 nitrogen and oxygen atoms in total. The molecule has 1 aliphatic heterocycles. The van der Waals surface area contributed by atoms with Crippen molar-refractivity contribution in [3.63, 3.8) is 0 Å². The second-order valence-corrected chi connectivity index (χ2v) is 3.50. The summed E-state index contributed by atoms with van der Waals surface area (Å²) in [6.07, 6.45) is 0.809. The van der Waals surface area contributed by atoms with Crippen LogP contribution >= 0.6 is 12.4 Å². The first-order chi connectivity index (χ1) is 7.24. The minimum Gasteiger partial charge on any atom is -0.496 e. The molecule has 0 unspecified atom stereocenters. The van der Waals surface area contributed by atoms with Crippen molar-refractivity contribution < 1.29 is 14.6 Å². The van der Waals surface area contributed by atoms with Crippen LogP contribution in [0.1, 0.15) is 17.2 Å². The highest BCUT2D eigenvalue weighted by molar-refractivity contribution is 5.85. The van der Waals surface area contributed by atoms with Gasteiger partial charge in [0.25, 0.3) is 0 Å². The van der Waals surface area contributed by atoms with E-state index in [2.05, 4.69) is 5.32 Å². The Balaban J connectivity index is 0.00000128. The van der Waals surface area contributed by atoms with Crippen molar-refractivity contribution in [2.45, 2.75) is 12.5 Å². The van der Waals surface area contributed by atoms with Gasteiger partial charge in [-0.1, -0.05) is 12.1 Å². The van der Waals surface area contributed by atoms with Crippen LogP contribution in [0.3, 0.4) is 0 Å². The van der Waals surface area contributed by atoms with Gasteiger partial charge in [0.15, 0.2) is 0 Å². The molecule has 0 aliphatic carbocycles. The van der Waals surface area contributed by atoms with Crippen LogP contribution in [0.25, 0.3) is 0 Å². The Hall–Kier alpha value is -1.26. The monoisotopic (exact) mass is 243 g/mol. The van der Waals surface area contributed by atoms with Gasteiger partial charge in [0.2, 0.25) is 0 Å². The fourth-order valence-electron chi connectivity index (χ4n) is 1.98. The lowest BCUT2D eigenvalue weighted by molar-refractivity contribution is -0.139. The zero-order valence-electron chi connectivity index (χ0n) is 8.90. The standard InChI is InChI=1S/C11H13NO3.ClH/c1-15-9-4-2-3-8-7(9)5-6-12-10(8)11(13)14;/h2-4,10,12H,5-6H2,1H3,(H,13,14);1H/t10-;/m0./s1. The first kappa shape index (κ1) is 12.8. The number of nitrogens with one attached hydrogen (secondary N) is 1. The maximum absolute atomic E-state index is 11.0. The highest BCUT2D eigenvalue weighted by atomic mass is 35.5.